The highest BCUT2D eigenvalue weighted by atomic mass is 19.4. The number of rotatable bonds is 10. The lowest BCUT2D eigenvalue weighted by Gasteiger charge is -2.18. The minimum absolute atomic E-state index is 0.0914. The average molecular weight is 647 g/mol. The minimum Gasteiger partial charge on any atom is -0.497 e. The Morgan fingerprint density at radius 2 is 1.70 bits per heavy atom. The second-order valence-electron chi connectivity index (χ2n) is 9.93. The van der Waals surface area contributed by atoms with E-state index in [2.05, 4.69) is 30.7 Å². The fourth-order valence-electron chi connectivity index (χ4n) is 4.79. The predicted octanol–water partition coefficient (Wildman–Crippen LogP) is 6.11. The summed E-state index contributed by atoms with van der Waals surface area (Å²) >= 11 is 0. The summed E-state index contributed by atoms with van der Waals surface area (Å²) in [4.78, 5) is 17.4. The van der Waals surface area contributed by atoms with Crippen molar-refractivity contribution in [3.05, 3.63) is 89.6 Å². The highest BCUT2D eigenvalue weighted by molar-refractivity contribution is 5.94. The van der Waals surface area contributed by atoms with Crippen LogP contribution < -0.4 is 29.0 Å². The molecule has 1 aliphatic heterocycles. The maximum absolute atomic E-state index is 12.7. The van der Waals surface area contributed by atoms with Gasteiger partial charge in [-0.2, -0.15) is 5.21 Å². The van der Waals surface area contributed by atoms with Gasteiger partial charge in [-0.05, 0) is 66.2 Å². The van der Waals surface area contributed by atoms with Crippen LogP contribution in [0, 0.1) is 6.92 Å². The molecule has 1 aliphatic rings. The Kier molecular flexibility index (Phi) is 8.60. The lowest BCUT2D eigenvalue weighted by Crippen LogP contribution is -2.23. The Hall–Kier alpha value is -6.12. The molecule has 0 spiro atoms. The van der Waals surface area contributed by atoms with Crippen molar-refractivity contribution in [3.8, 4) is 57.1 Å². The third-order valence-electron chi connectivity index (χ3n) is 6.91. The van der Waals surface area contributed by atoms with E-state index >= 15 is 0 Å². The van der Waals surface area contributed by atoms with Gasteiger partial charge in [-0.1, -0.05) is 24.3 Å². The number of alkyl halides is 3. The van der Waals surface area contributed by atoms with E-state index in [9.17, 15) is 18.0 Å². The molecule has 0 atom stereocenters. The molecule has 12 nitrogen and oxygen atoms in total. The molecule has 0 aliphatic carbocycles. The topological polar surface area (TPSA) is 143 Å². The monoisotopic (exact) mass is 646 g/mol. The van der Waals surface area contributed by atoms with Crippen LogP contribution >= 0.6 is 0 Å². The van der Waals surface area contributed by atoms with Crippen LogP contribution in [0.1, 0.15) is 21.6 Å². The average Bonchev–Trinajstić information content (AvgIpc) is 3.76. The molecule has 5 aromatic rings. The molecule has 2 aromatic heterocycles. The Morgan fingerprint density at radius 3 is 2.40 bits per heavy atom. The van der Waals surface area contributed by atoms with Crippen LogP contribution in [0.2, 0.25) is 0 Å². The molecule has 0 bridgehead atoms. The number of H-pyrrole nitrogens is 1. The third-order valence-corrected chi connectivity index (χ3v) is 6.91. The van der Waals surface area contributed by atoms with Gasteiger partial charge in [-0.3, -0.25) is 4.79 Å². The SMILES string of the molecule is COc1ccc(-c2c(C=CCNC(=O)c3ccc(OC(F)(F)F)cc3)c(C)nc(Oc3ccc4c(c3)OCO4)c2-c2nn[nH]n2)cc1. The van der Waals surface area contributed by atoms with Gasteiger partial charge in [-0.25, -0.2) is 4.98 Å². The quantitative estimate of drug-likeness (QED) is 0.183. The van der Waals surface area contributed by atoms with Crippen molar-refractivity contribution in [2.24, 2.45) is 0 Å². The minimum atomic E-state index is -4.83. The number of amides is 1. The van der Waals surface area contributed by atoms with E-state index in [1.807, 2.05) is 31.2 Å². The summed E-state index contributed by atoms with van der Waals surface area (Å²) in [6.07, 6.45) is -1.32. The van der Waals surface area contributed by atoms with Gasteiger partial charge >= 0.3 is 6.36 Å². The third kappa shape index (κ3) is 7.08. The summed E-state index contributed by atoms with van der Waals surface area (Å²) in [7, 11) is 1.57. The number of ether oxygens (including phenoxy) is 5. The number of aromatic amines is 1. The van der Waals surface area contributed by atoms with E-state index in [0.717, 1.165) is 17.7 Å². The van der Waals surface area contributed by atoms with E-state index < -0.39 is 18.0 Å². The van der Waals surface area contributed by atoms with Gasteiger partial charge in [0.25, 0.3) is 5.91 Å². The molecule has 0 radical (unpaired) electrons. The number of nitrogens with one attached hydrogen (secondary N) is 2. The number of fused-ring (bicyclic) bond motifs is 1. The Morgan fingerprint density at radius 1 is 0.979 bits per heavy atom. The highest BCUT2D eigenvalue weighted by Crippen LogP contribution is 2.44. The number of carbonyl (C=O) groups excluding carboxylic acids is 1. The number of methoxy groups -OCH3 is 1. The van der Waals surface area contributed by atoms with Crippen LogP contribution in [0.5, 0.6) is 34.6 Å². The molecule has 0 fully saturated rings. The summed E-state index contributed by atoms with van der Waals surface area (Å²) < 4.78 is 63.8. The molecule has 0 saturated carbocycles. The summed E-state index contributed by atoms with van der Waals surface area (Å²) in [6, 6.07) is 17.1. The van der Waals surface area contributed by atoms with Crippen LogP contribution in [0.25, 0.3) is 28.6 Å². The highest BCUT2D eigenvalue weighted by Gasteiger charge is 2.31. The van der Waals surface area contributed by atoms with Crippen LogP contribution in [-0.2, 0) is 0 Å². The Bertz CT molecular complexity index is 1910. The summed E-state index contributed by atoms with van der Waals surface area (Å²) in [5.41, 5.74) is 3.29. The number of hydrogen-bond acceptors (Lipinski definition) is 10. The number of halogens is 3. The summed E-state index contributed by atoms with van der Waals surface area (Å²) in [5.74, 6) is 1.73. The van der Waals surface area contributed by atoms with Crippen LogP contribution in [0.3, 0.4) is 0 Å². The number of aryl methyl sites for hydroxylation is 1. The summed E-state index contributed by atoms with van der Waals surface area (Å²) in [5, 5.41) is 17.4. The first-order valence-corrected chi connectivity index (χ1v) is 14.0. The zero-order chi connectivity index (χ0) is 33.0. The van der Waals surface area contributed by atoms with E-state index in [1.165, 1.54) is 12.1 Å². The van der Waals surface area contributed by atoms with Crippen LogP contribution in [-0.4, -0.2) is 58.3 Å². The standard InChI is InChI=1S/C32H25F3N6O6/c1-18-24(4-3-15-36-30(42)20-7-11-22(12-8-20)47-32(33,34)35)27(19-5-9-21(43-2)10-6-19)28(29-38-40-41-39-29)31(37-18)46-23-13-14-25-26(16-23)45-17-44-25/h3-14,16H,15,17H2,1-2H3,(H,36,42)(H,38,39,40,41). The molecule has 15 heteroatoms. The van der Waals surface area contributed by atoms with Crippen LogP contribution in [0.15, 0.2) is 72.8 Å². The first kappa shape index (κ1) is 30.9. The number of carbonyl (C=O) groups is 1. The molecular weight excluding hydrogens is 621 g/mol. The fraction of sp³-hybridized carbons (Fsp3) is 0.156. The normalized spacial score (nSPS) is 12.3. The lowest BCUT2D eigenvalue weighted by molar-refractivity contribution is -0.274. The molecule has 240 valence electrons. The van der Waals surface area contributed by atoms with Gasteiger partial charge in [0.05, 0.1) is 12.7 Å². The van der Waals surface area contributed by atoms with Gasteiger partial charge in [-0.15, -0.1) is 23.4 Å². The number of pyridine rings is 1. The summed E-state index contributed by atoms with van der Waals surface area (Å²) in [6.45, 7) is 2.01. The van der Waals surface area contributed by atoms with Gasteiger partial charge in [0.15, 0.2) is 11.5 Å². The lowest BCUT2D eigenvalue weighted by atomic mass is 9.93. The maximum Gasteiger partial charge on any atom is 0.573 e. The first-order valence-electron chi connectivity index (χ1n) is 14.0. The van der Waals surface area contributed by atoms with Crippen molar-refractivity contribution < 1.29 is 41.7 Å². The molecule has 6 rings (SSSR count). The van der Waals surface area contributed by atoms with Crippen molar-refractivity contribution in [2.45, 2.75) is 13.3 Å². The maximum atomic E-state index is 12.7. The van der Waals surface area contributed by atoms with Gasteiger partial charge < -0.3 is 29.0 Å². The van der Waals surface area contributed by atoms with Crippen molar-refractivity contribution in [1.82, 2.24) is 30.9 Å². The number of benzene rings is 3. The van der Waals surface area contributed by atoms with Gasteiger partial charge in [0, 0.05) is 35.0 Å². The molecule has 47 heavy (non-hydrogen) atoms. The second kappa shape index (κ2) is 13.1. The molecule has 2 N–H and O–H groups in total. The molecule has 0 unspecified atom stereocenters. The number of aromatic nitrogens is 5. The van der Waals surface area contributed by atoms with Gasteiger partial charge in [0.2, 0.25) is 18.5 Å². The van der Waals surface area contributed by atoms with Crippen LogP contribution in [0.4, 0.5) is 13.2 Å². The largest absolute Gasteiger partial charge is 0.573 e. The van der Waals surface area contributed by atoms with E-state index in [1.54, 1.807) is 37.5 Å². The number of tetrazole rings is 1. The molecule has 0 saturated heterocycles. The zero-order valence-electron chi connectivity index (χ0n) is 24.8. The van der Waals surface area contributed by atoms with E-state index in [-0.39, 0.29) is 30.6 Å². The molecule has 3 aromatic carbocycles. The number of nitrogens with zero attached hydrogens (tertiary/aromatic N) is 4. The van der Waals surface area contributed by atoms with Crippen molar-refractivity contribution in [3.63, 3.8) is 0 Å². The van der Waals surface area contributed by atoms with Gasteiger partial charge in [0.1, 0.15) is 17.2 Å². The Labute approximate surface area is 265 Å². The second-order valence-corrected chi connectivity index (χ2v) is 9.93. The van der Waals surface area contributed by atoms with E-state index in [4.69, 9.17) is 23.9 Å². The zero-order valence-corrected chi connectivity index (χ0v) is 24.8. The first-order chi connectivity index (χ1) is 22.7. The van der Waals surface area contributed by atoms with Crippen molar-refractivity contribution in [1.29, 1.82) is 0 Å². The molecule has 1 amide bonds. The molecular formula is C32H25F3N6O6. The fourth-order valence-corrected chi connectivity index (χ4v) is 4.79. The smallest absolute Gasteiger partial charge is 0.497 e. The predicted molar refractivity (Wildman–Crippen MR) is 161 cm³/mol. The number of hydrogen-bond donors (Lipinski definition) is 2. The molecule has 3 heterocycles. The Balaban J connectivity index is 1.33. The van der Waals surface area contributed by atoms with E-state index in [0.29, 0.717) is 45.4 Å². The van der Waals surface area contributed by atoms with Crippen molar-refractivity contribution in [2.75, 3.05) is 20.4 Å². The van der Waals surface area contributed by atoms with Crippen molar-refractivity contribution >= 4 is 12.0 Å².